The molecular weight excluding hydrogens is 308 g/mol. The summed E-state index contributed by atoms with van der Waals surface area (Å²) in [6.45, 7) is 3.89. The first-order chi connectivity index (χ1) is 10.2. The lowest BCUT2D eigenvalue weighted by Crippen LogP contribution is -1.91. The molecule has 0 atom stereocenters. The highest BCUT2D eigenvalue weighted by molar-refractivity contribution is 7.11. The van der Waals surface area contributed by atoms with Crippen molar-refractivity contribution in [1.82, 2.24) is 30.6 Å². The van der Waals surface area contributed by atoms with Crippen LogP contribution in [0.25, 0.3) is 0 Å². The van der Waals surface area contributed by atoms with E-state index in [1.54, 1.807) is 22.7 Å². The van der Waals surface area contributed by atoms with Crippen LogP contribution < -0.4 is 0 Å². The Hall–Kier alpha value is -1.74. The van der Waals surface area contributed by atoms with Crippen LogP contribution in [0, 0.1) is 13.8 Å². The first-order valence-electron chi connectivity index (χ1n) is 6.58. The van der Waals surface area contributed by atoms with Crippen LogP contribution in [0.5, 0.6) is 0 Å². The van der Waals surface area contributed by atoms with Gasteiger partial charge in [-0.05, 0) is 13.8 Å². The van der Waals surface area contributed by atoms with Crippen molar-refractivity contribution in [2.24, 2.45) is 0 Å². The fourth-order valence-electron chi connectivity index (χ4n) is 1.80. The number of aryl methyl sites for hydroxylation is 6. The molecule has 0 bridgehead atoms. The molecule has 0 amide bonds. The van der Waals surface area contributed by atoms with Crippen LogP contribution >= 0.6 is 22.7 Å². The third-order valence-corrected chi connectivity index (χ3v) is 4.55. The minimum atomic E-state index is 0.645. The molecule has 3 heterocycles. The van der Waals surface area contributed by atoms with Crippen LogP contribution in [0.15, 0.2) is 4.42 Å². The molecule has 7 nitrogen and oxygen atoms in total. The first-order valence-corrected chi connectivity index (χ1v) is 8.21. The van der Waals surface area contributed by atoms with E-state index in [1.165, 1.54) is 0 Å². The van der Waals surface area contributed by atoms with Gasteiger partial charge in [-0.2, -0.15) is 0 Å². The fourth-order valence-corrected chi connectivity index (χ4v) is 3.21. The highest BCUT2D eigenvalue weighted by Crippen LogP contribution is 2.13. The Morgan fingerprint density at radius 3 is 1.52 bits per heavy atom. The summed E-state index contributed by atoms with van der Waals surface area (Å²) < 4.78 is 5.63. The number of hydrogen-bond donors (Lipinski definition) is 0. The molecule has 0 aliphatic carbocycles. The molecule has 0 fully saturated rings. The molecule has 3 aromatic heterocycles. The molecule has 9 heteroatoms. The van der Waals surface area contributed by atoms with Gasteiger partial charge in [-0.25, -0.2) is 0 Å². The van der Waals surface area contributed by atoms with Gasteiger partial charge in [-0.1, -0.05) is 0 Å². The van der Waals surface area contributed by atoms with E-state index < -0.39 is 0 Å². The van der Waals surface area contributed by atoms with Crippen LogP contribution in [-0.2, 0) is 25.7 Å². The van der Waals surface area contributed by atoms with Crippen molar-refractivity contribution in [3.8, 4) is 0 Å². The molecule has 0 spiro atoms. The Kier molecular flexibility index (Phi) is 4.30. The zero-order valence-corrected chi connectivity index (χ0v) is 13.4. The zero-order valence-electron chi connectivity index (χ0n) is 11.7. The maximum atomic E-state index is 5.63. The van der Waals surface area contributed by atoms with Gasteiger partial charge in [0.15, 0.2) is 0 Å². The minimum Gasteiger partial charge on any atom is -0.425 e. The molecule has 3 aromatic rings. The van der Waals surface area contributed by atoms with Gasteiger partial charge in [-0.15, -0.1) is 53.3 Å². The smallest absolute Gasteiger partial charge is 0.216 e. The minimum absolute atomic E-state index is 0.645. The van der Waals surface area contributed by atoms with E-state index in [2.05, 4.69) is 30.6 Å². The van der Waals surface area contributed by atoms with Crippen molar-refractivity contribution in [2.45, 2.75) is 39.5 Å². The summed E-state index contributed by atoms with van der Waals surface area (Å²) in [6, 6.07) is 0. The number of nitrogens with zero attached hydrogens (tertiary/aromatic N) is 6. The molecule has 0 aliphatic heterocycles. The van der Waals surface area contributed by atoms with Gasteiger partial charge in [0.2, 0.25) is 11.8 Å². The molecule has 0 aliphatic rings. The van der Waals surface area contributed by atoms with Gasteiger partial charge >= 0.3 is 0 Å². The van der Waals surface area contributed by atoms with E-state index in [9.17, 15) is 0 Å². The topological polar surface area (TPSA) is 90.5 Å². The summed E-state index contributed by atoms with van der Waals surface area (Å²) in [7, 11) is 0. The number of hydrogen-bond acceptors (Lipinski definition) is 9. The monoisotopic (exact) mass is 322 g/mol. The van der Waals surface area contributed by atoms with Gasteiger partial charge in [0, 0.05) is 25.7 Å². The fraction of sp³-hybridized carbons (Fsp3) is 0.500. The molecule has 0 radical (unpaired) electrons. The zero-order chi connectivity index (χ0) is 14.7. The SMILES string of the molecule is Cc1nnc(CCc2nnc(CCc3nnc(C)s3)o2)s1. The van der Waals surface area contributed by atoms with Crippen molar-refractivity contribution in [3.63, 3.8) is 0 Å². The number of aromatic nitrogens is 6. The first kappa shape index (κ1) is 14.2. The number of rotatable bonds is 6. The molecule has 110 valence electrons. The van der Waals surface area contributed by atoms with Crippen LogP contribution in [-0.4, -0.2) is 30.6 Å². The Balaban J connectivity index is 1.51. The van der Waals surface area contributed by atoms with E-state index >= 15 is 0 Å². The standard InChI is InChI=1S/C12H14N6OS2/c1-7-13-17-11(20-7)5-3-9-15-16-10(19-9)4-6-12-18-14-8(2)21-12/h3-6H2,1-2H3. The van der Waals surface area contributed by atoms with E-state index in [-0.39, 0.29) is 0 Å². The lowest BCUT2D eigenvalue weighted by atomic mass is 10.3. The predicted molar refractivity (Wildman–Crippen MR) is 78.4 cm³/mol. The van der Waals surface area contributed by atoms with Crippen LogP contribution in [0.1, 0.15) is 31.8 Å². The second kappa shape index (κ2) is 6.35. The normalized spacial score (nSPS) is 11.1. The van der Waals surface area contributed by atoms with E-state index in [4.69, 9.17) is 4.42 Å². The average molecular weight is 322 g/mol. The van der Waals surface area contributed by atoms with Crippen LogP contribution in [0.4, 0.5) is 0 Å². The van der Waals surface area contributed by atoms with Crippen molar-refractivity contribution in [2.75, 3.05) is 0 Å². The maximum Gasteiger partial charge on any atom is 0.216 e. The summed E-state index contributed by atoms with van der Waals surface area (Å²) in [6.07, 6.45) is 2.95. The third-order valence-electron chi connectivity index (χ3n) is 2.75. The van der Waals surface area contributed by atoms with Gasteiger partial charge < -0.3 is 4.42 Å². The predicted octanol–water partition coefficient (Wildman–Crippen LogP) is 1.96. The van der Waals surface area contributed by atoms with Crippen molar-refractivity contribution < 1.29 is 4.42 Å². The van der Waals surface area contributed by atoms with Crippen molar-refractivity contribution >= 4 is 22.7 Å². The molecule has 0 saturated carbocycles. The summed E-state index contributed by atoms with van der Waals surface area (Å²) in [5.74, 6) is 1.29. The highest BCUT2D eigenvalue weighted by atomic mass is 32.1. The van der Waals surface area contributed by atoms with Crippen LogP contribution in [0.3, 0.4) is 0 Å². The van der Waals surface area contributed by atoms with Crippen molar-refractivity contribution in [3.05, 3.63) is 31.8 Å². The highest BCUT2D eigenvalue weighted by Gasteiger charge is 2.09. The van der Waals surface area contributed by atoms with Gasteiger partial charge in [0.05, 0.1) is 0 Å². The molecule has 0 saturated heterocycles. The Bertz CT molecular complexity index is 660. The Morgan fingerprint density at radius 2 is 1.14 bits per heavy atom. The Labute approximate surface area is 129 Å². The van der Waals surface area contributed by atoms with Crippen molar-refractivity contribution in [1.29, 1.82) is 0 Å². The largest absolute Gasteiger partial charge is 0.425 e. The average Bonchev–Trinajstić information content (AvgIpc) is 3.16. The van der Waals surface area contributed by atoms with E-state index in [0.29, 0.717) is 24.6 Å². The summed E-state index contributed by atoms with van der Waals surface area (Å²) >= 11 is 3.20. The van der Waals surface area contributed by atoms with Gasteiger partial charge in [0.1, 0.15) is 20.0 Å². The summed E-state index contributed by atoms with van der Waals surface area (Å²) in [5, 5.41) is 28.2. The molecule has 21 heavy (non-hydrogen) atoms. The maximum absolute atomic E-state index is 5.63. The second-order valence-corrected chi connectivity index (χ2v) is 7.05. The molecule has 0 N–H and O–H groups in total. The lowest BCUT2D eigenvalue weighted by Gasteiger charge is -1.92. The quantitative estimate of drug-likeness (QED) is 0.685. The summed E-state index contributed by atoms with van der Waals surface area (Å²) in [5.41, 5.74) is 0. The van der Waals surface area contributed by atoms with Gasteiger partial charge in [0.25, 0.3) is 0 Å². The van der Waals surface area contributed by atoms with Crippen LogP contribution in [0.2, 0.25) is 0 Å². The molecule has 3 rings (SSSR count). The Morgan fingerprint density at radius 1 is 0.667 bits per heavy atom. The molecule has 0 unspecified atom stereocenters. The second-order valence-electron chi connectivity index (χ2n) is 4.52. The van der Waals surface area contributed by atoms with E-state index in [1.807, 2.05) is 13.8 Å². The molecular formula is C12H14N6OS2. The van der Waals surface area contributed by atoms with Gasteiger partial charge in [-0.3, -0.25) is 0 Å². The molecule has 0 aromatic carbocycles. The third kappa shape index (κ3) is 3.88. The summed E-state index contributed by atoms with van der Waals surface area (Å²) in [4.78, 5) is 0. The lowest BCUT2D eigenvalue weighted by molar-refractivity contribution is 0.447. The van der Waals surface area contributed by atoms with E-state index in [0.717, 1.165) is 32.9 Å².